The average Bonchev–Trinajstić information content (AvgIpc) is 3.18. The van der Waals surface area contributed by atoms with Gasteiger partial charge in [-0.05, 0) is 35.7 Å². The van der Waals surface area contributed by atoms with E-state index in [1.54, 1.807) is 30.3 Å². The summed E-state index contributed by atoms with van der Waals surface area (Å²) < 4.78 is 47.1. The molecule has 30 heavy (non-hydrogen) atoms. The molecule has 0 radical (unpaired) electrons. The fraction of sp³-hybridized carbons (Fsp3) is 0.0909. The number of amides is 1. The summed E-state index contributed by atoms with van der Waals surface area (Å²) in [4.78, 5) is 11.6. The first-order valence-electron chi connectivity index (χ1n) is 9.12. The first-order valence-corrected chi connectivity index (χ1v) is 9.12. The number of aromatic nitrogens is 2. The van der Waals surface area contributed by atoms with Crippen LogP contribution < -0.4 is 10.1 Å². The van der Waals surface area contributed by atoms with Crippen molar-refractivity contribution in [1.29, 1.82) is 0 Å². The molecular formula is C22H14F3N3O2. The maximum absolute atomic E-state index is 13.5. The maximum atomic E-state index is 13.5. The fourth-order valence-electron chi connectivity index (χ4n) is 3.54. The molecule has 1 N–H and O–H groups in total. The van der Waals surface area contributed by atoms with Crippen LogP contribution in [-0.4, -0.2) is 22.3 Å². The zero-order valence-corrected chi connectivity index (χ0v) is 15.4. The molecule has 5 nitrogen and oxygen atoms in total. The number of ether oxygens (including phenoxy) is 1. The Morgan fingerprint density at radius 2 is 1.80 bits per heavy atom. The van der Waals surface area contributed by atoms with Crippen molar-refractivity contribution in [2.45, 2.75) is 6.18 Å². The highest BCUT2D eigenvalue weighted by atomic mass is 19.4. The lowest BCUT2D eigenvalue weighted by molar-refractivity contribution is -0.141. The smallest absolute Gasteiger partial charge is 0.435 e. The van der Waals surface area contributed by atoms with Gasteiger partial charge in [-0.15, -0.1) is 0 Å². The summed E-state index contributed by atoms with van der Waals surface area (Å²) in [6.07, 6.45) is -4.60. The summed E-state index contributed by atoms with van der Waals surface area (Å²) in [5, 5.41) is 8.21. The molecule has 0 atom stereocenters. The normalized spacial score (nSPS) is 13.6. The number of nitrogens with one attached hydrogen (secondary N) is 1. The average molecular weight is 409 g/mol. The van der Waals surface area contributed by atoms with Gasteiger partial charge in [-0.3, -0.25) is 4.79 Å². The summed E-state index contributed by atoms with van der Waals surface area (Å²) in [6.45, 7) is -0.0987. The largest absolute Gasteiger partial charge is 0.482 e. The van der Waals surface area contributed by atoms with Crippen LogP contribution in [0.25, 0.3) is 27.7 Å². The molecule has 4 aromatic rings. The minimum Gasteiger partial charge on any atom is -0.482 e. The Balaban J connectivity index is 1.74. The monoisotopic (exact) mass is 409 g/mol. The van der Waals surface area contributed by atoms with E-state index < -0.39 is 11.9 Å². The van der Waals surface area contributed by atoms with E-state index in [2.05, 4.69) is 10.4 Å². The maximum Gasteiger partial charge on any atom is 0.435 e. The van der Waals surface area contributed by atoms with E-state index >= 15 is 0 Å². The minimum absolute atomic E-state index is 0.0987. The second kappa shape index (κ2) is 6.62. The van der Waals surface area contributed by atoms with Gasteiger partial charge in [0.25, 0.3) is 5.91 Å². The van der Waals surface area contributed by atoms with Gasteiger partial charge in [0.05, 0.1) is 17.1 Å². The van der Waals surface area contributed by atoms with Crippen LogP contribution in [0.1, 0.15) is 5.69 Å². The minimum atomic E-state index is -4.60. The Kier molecular flexibility index (Phi) is 4.02. The molecule has 1 aliphatic heterocycles. The van der Waals surface area contributed by atoms with Crippen LogP contribution in [0.15, 0.2) is 66.7 Å². The van der Waals surface area contributed by atoms with Crippen molar-refractivity contribution in [3.8, 4) is 22.7 Å². The number of alkyl halides is 3. The molecular weight excluding hydrogens is 395 g/mol. The first kappa shape index (κ1) is 18.2. The molecule has 0 bridgehead atoms. The highest BCUT2D eigenvalue weighted by Gasteiger charge is 2.35. The third kappa shape index (κ3) is 3.06. The zero-order valence-electron chi connectivity index (χ0n) is 15.4. The number of halogens is 3. The van der Waals surface area contributed by atoms with Crippen LogP contribution in [0.4, 0.5) is 18.9 Å². The Labute approximate surface area is 168 Å². The van der Waals surface area contributed by atoms with Crippen molar-refractivity contribution in [2.24, 2.45) is 0 Å². The molecule has 0 aliphatic carbocycles. The van der Waals surface area contributed by atoms with E-state index in [-0.39, 0.29) is 18.2 Å². The number of carbonyl (C=O) groups excluding carboxylic acids is 1. The van der Waals surface area contributed by atoms with E-state index in [9.17, 15) is 18.0 Å². The van der Waals surface area contributed by atoms with Gasteiger partial charge in [-0.2, -0.15) is 18.3 Å². The third-order valence-corrected chi connectivity index (χ3v) is 4.90. The van der Waals surface area contributed by atoms with Gasteiger partial charge < -0.3 is 10.1 Å². The lowest BCUT2D eigenvalue weighted by Crippen LogP contribution is -2.25. The van der Waals surface area contributed by atoms with Crippen molar-refractivity contribution in [3.05, 3.63) is 72.4 Å². The molecule has 5 rings (SSSR count). The Morgan fingerprint density at radius 1 is 1.00 bits per heavy atom. The van der Waals surface area contributed by atoms with Crippen LogP contribution in [0.3, 0.4) is 0 Å². The summed E-state index contributed by atoms with van der Waals surface area (Å²) in [6, 6.07) is 18.7. The van der Waals surface area contributed by atoms with Gasteiger partial charge in [0.2, 0.25) is 0 Å². The molecule has 150 valence electrons. The number of hydrogen-bond acceptors (Lipinski definition) is 3. The molecule has 8 heteroatoms. The van der Waals surface area contributed by atoms with Gasteiger partial charge in [-0.25, -0.2) is 4.68 Å². The van der Waals surface area contributed by atoms with Gasteiger partial charge in [-0.1, -0.05) is 36.4 Å². The zero-order chi connectivity index (χ0) is 20.9. The highest BCUT2D eigenvalue weighted by Crippen LogP contribution is 2.37. The molecule has 1 aromatic heterocycles. The quantitative estimate of drug-likeness (QED) is 0.505. The van der Waals surface area contributed by atoms with Crippen molar-refractivity contribution in [3.63, 3.8) is 0 Å². The summed E-state index contributed by atoms with van der Waals surface area (Å²) in [5.74, 6) is 0.142. The van der Waals surface area contributed by atoms with E-state index in [1.807, 2.05) is 30.3 Å². The van der Waals surface area contributed by atoms with E-state index in [0.29, 0.717) is 22.7 Å². The Hall–Kier alpha value is -3.81. The number of rotatable bonds is 2. The van der Waals surface area contributed by atoms with Crippen LogP contribution in [0.5, 0.6) is 5.75 Å². The van der Waals surface area contributed by atoms with Gasteiger partial charge in [0, 0.05) is 10.9 Å². The second-order valence-electron chi connectivity index (χ2n) is 6.87. The predicted molar refractivity (Wildman–Crippen MR) is 106 cm³/mol. The van der Waals surface area contributed by atoms with Gasteiger partial charge in [0.15, 0.2) is 12.3 Å². The van der Waals surface area contributed by atoms with E-state index in [1.165, 1.54) is 4.68 Å². The molecule has 1 amide bonds. The summed E-state index contributed by atoms with van der Waals surface area (Å²) in [7, 11) is 0. The number of carbonyl (C=O) groups is 1. The third-order valence-electron chi connectivity index (χ3n) is 4.90. The van der Waals surface area contributed by atoms with Gasteiger partial charge >= 0.3 is 6.18 Å². The lowest BCUT2D eigenvalue weighted by Gasteiger charge is -2.19. The summed E-state index contributed by atoms with van der Waals surface area (Å²) in [5.41, 5.74) is 0.653. The Morgan fingerprint density at radius 3 is 2.63 bits per heavy atom. The molecule has 0 unspecified atom stereocenters. The van der Waals surface area contributed by atoms with Crippen LogP contribution in [0, 0.1) is 0 Å². The standard InChI is InChI=1S/C22H14F3N3O2/c23-22(24,25)20-11-18(14-8-9-19-16(10-14)26-21(29)12-30-19)28(27-20)17-7-3-5-13-4-1-2-6-15(13)17/h1-11H,12H2,(H,26,29). The first-order chi connectivity index (χ1) is 14.4. The van der Waals surface area contributed by atoms with Crippen LogP contribution in [-0.2, 0) is 11.0 Å². The summed E-state index contributed by atoms with van der Waals surface area (Å²) >= 11 is 0. The second-order valence-corrected chi connectivity index (χ2v) is 6.87. The topological polar surface area (TPSA) is 56.1 Å². The van der Waals surface area contributed by atoms with Crippen molar-refractivity contribution in [2.75, 3.05) is 11.9 Å². The molecule has 1 aliphatic rings. The molecule has 2 heterocycles. The van der Waals surface area contributed by atoms with E-state index in [4.69, 9.17) is 4.74 Å². The number of nitrogens with zero attached hydrogens (tertiary/aromatic N) is 2. The lowest BCUT2D eigenvalue weighted by atomic mass is 10.1. The molecule has 0 saturated heterocycles. The van der Waals surface area contributed by atoms with Crippen molar-refractivity contribution in [1.82, 2.24) is 9.78 Å². The number of hydrogen-bond donors (Lipinski definition) is 1. The Bertz CT molecular complexity index is 1290. The molecule has 0 spiro atoms. The SMILES string of the molecule is O=C1COc2ccc(-c3cc(C(F)(F)F)nn3-c3cccc4ccccc34)cc2N1. The highest BCUT2D eigenvalue weighted by molar-refractivity contribution is 5.96. The van der Waals surface area contributed by atoms with Crippen molar-refractivity contribution < 1.29 is 22.7 Å². The van der Waals surface area contributed by atoms with Crippen molar-refractivity contribution >= 4 is 22.4 Å². The van der Waals surface area contributed by atoms with Gasteiger partial charge in [0.1, 0.15) is 5.75 Å². The molecule has 0 saturated carbocycles. The fourth-order valence-corrected chi connectivity index (χ4v) is 3.54. The van der Waals surface area contributed by atoms with Crippen LogP contribution >= 0.6 is 0 Å². The molecule has 0 fully saturated rings. The van der Waals surface area contributed by atoms with Crippen LogP contribution in [0.2, 0.25) is 0 Å². The number of fused-ring (bicyclic) bond motifs is 2. The number of benzene rings is 3. The number of anilines is 1. The predicted octanol–water partition coefficient (Wildman–Crippen LogP) is 5.04. The van der Waals surface area contributed by atoms with E-state index in [0.717, 1.165) is 16.8 Å². The molecule has 3 aromatic carbocycles.